The first kappa shape index (κ1) is 22.7. The molecule has 0 atom stereocenters. The van der Waals surface area contributed by atoms with E-state index in [1.165, 1.54) is 29.5 Å². The summed E-state index contributed by atoms with van der Waals surface area (Å²) in [4.78, 5) is 35.7. The maximum Gasteiger partial charge on any atom is 0.418 e. The molecule has 0 aliphatic rings. The van der Waals surface area contributed by atoms with E-state index in [4.69, 9.17) is 0 Å². The summed E-state index contributed by atoms with van der Waals surface area (Å²) in [5.41, 5.74) is 0.392. The molecule has 0 spiro atoms. The monoisotopic (exact) mass is 494 g/mol. The van der Waals surface area contributed by atoms with Crippen molar-refractivity contribution in [3.8, 4) is 11.3 Å². The van der Waals surface area contributed by atoms with Crippen LogP contribution in [0.2, 0.25) is 0 Å². The fourth-order valence-electron chi connectivity index (χ4n) is 3.84. The van der Waals surface area contributed by atoms with E-state index in [1.54, 1.807) is 6.92 Å². The molecule has 3 aromatic heterocycles. The molecule has 1 amide bonds. The molecule has 0 saturated heterocycles. The fraction of sp³-hybridized carbons (Fsp3) is 0.120. The second-order valence-corrected chi connectivity index (χ2v) is 8.84. The quantitative estimate of drug-likeness (QED) is 0.351. The van der Waals surface area contributed by atoms with Crippen molar-refractivity contribution in [1.29, 1.82) is 0 Å². The molecule has 10 heteroatoms. The molecule has 2 aromatic carbocycles. The summed E-state index contributed by atoms with van der Waals surface area (Å²) in [5, 5.41) is 2.99. The van der Waals surface area contributed by atoms with Gasteiger partial charge in [-0.3, -0.25) is 14.2 Å². The Kier molecular flexibility index (Phi) is 5.60. The molecule has 5 rings (SSSR count). The number of pyridine rings is 1. The van der Waals surface area contributed by atoms with E-state index in [2.05, 4.69) is 15.3 Å². The highest BCUT2D eigenvalue weighted by Crippen LogP contribution is 2.35. The summed E-state index contributed by atoms with van der Waals surface area (Å²) in [6, 6.07) is 18.0. The number of aromatic nitrogens is 3. The maximum absolute atomic E-state index is 13.2. The molecule has 176 valence electrons. The van der Waals surface area contributed by atoms with Crippen molar-refractivity contribution < 1.29 is 18.0 Å². The van der Waals surface area contributed by atoms with E-state index in [9.17, 15) is 22.8 Å². The Morgan fingerprint density at radius 1 is 1.00 bits per heavy atom. The van der Waals surface area contributed by atoms with Crippen molar-refractivity contribution in [3.05, 3.63) is 88.5 Å². The van der Waals surface area contributed by atoms with Crippen LogP contribution >= 0.6 is 11.3 Å². The largest absolute Gasteiger partial charge is 0.418 e. The zero-order valence-electron chi connectivity index (χ0n) is 18.3. The summed E-state index contributed by atoms with van der Waals surface area (Å²) in [7, 11) is 0. The number of carbonyl (C=O) groups excluding carboxylic acids is 1. The fourth-order valence-corrected chi connectivity index (χ4v) is 4.90. The summed E-state index contributed by atoms with van der Waals surface area (Å²) in [6.07, 6.45) is -4.63. The van der Waals surface area contributed by atoms with Gasteiger partial charge in [0.2, 0.25) is 5.91 Å². The molecule has 0 bridgehead atoms. The van der Waals surface area contributed by atoms with Gasteiger partial charge in [-0.25, -0.2) is 9.97 Å². The summed E-state index contributed by atoms with van der Waals surface area (Å²) < 4.78 is 41.2. The molecule has 0 radical (unpaired) electrons. The average Bonchev–Trinajstić information content (AvgIpc) is 3.20. The lowest BCUT2D eigenvalue weighted by atomic mass is 10.1. The van der Waals surface area contributed by atoms with Gasteiger partial charge in [0.15, 0.2) is 0 Å². The Morgan fingerprint density at radius 3 is 2.46 bits per heavy atom. The average molecular weight is 494 g/mol. The first-order valence-electron chi connectivity index (χ1n) is 10.5. The zero-order chi connectivity index (χ0) is 24.7. The Morgan fingerprint density at radius 2 is 1.71 bits per heavy atom. The Labute approximate surface area is 200 Å². The number of alkyl halides is 3. The predicted molar refractivity (Wildman–Crippen MR) is 129 cm³/mol. The van der Waals surface area contributed by atoms with Gasteiger partial charge in [0.25, 0.3) is 5.56 Å². The number of para-hydroxylation sites is 1. The van der Waals surface area contributed by atoms with Gasteiger partial charge < -0.3 is 5.32 Å². The van der Waals surface area contributed by atoms with Gasteiger partial charge in [-0.1, -0.05) is 42.5 Å². The molecule has 0 unspecified atom stereocenters. The number of hydrogen-bond donors (Lipinski definition) is 1. The van der Waals surface area contributed by atoms with Crippen molar-refractivity contribution >= 4 is 43.4 Å². The number of rotatable bonds is 4. The molecule has 5 aromatic rings. The smallest absolute Gasteiger partial charge is 0.324 e. The lowest BCUT2D eigenvalue weighted by Crippen LogP contribution is -2.30. The molecule has 0 fully saturated rings. The zero-order valence-corrected chi connectivity index (χ0v) is 19.1. The highest BCUT2D eigenvalue weighted by atomic mass is 32.1. The van der Waals surface area contributed by atoms with E-state index >= 15 is 0 Å². The number of hydrogen-bond acceptors (Lipinski definition) is 5. The molecular weight excluding hydrogens is 477 g/mol. The van der Waals surface area contributed by atoms with Crippen LogP contribution in [0.25, 0.3) is 31.7 Å². The third-order valence-corrected chi connectivity index (χ3v) is 6.59. The number of amides is 1. The minimum absolute atomic E-state index is 0.272. The molecule has 0 aliphatic heterocycles. The van der Waals surface area contributed by atoms with Crippen LogP contribution in [0.4, 0.5) is 18.9 Å². The second-order valence-electron chi connectivity index (χ2n) is 7.84. The molecule has 1 N–H and O–H groups in total. The van der Waals surface area contributed by atoms with E-state index in [0.29, 0.717) is 15.0 Å². The topological polar surface area (TPSA) is 76.9 Å². The third kappa shape index (κ3) is 4.28. The lowest BCUT2D eigenvalue weighted by molar-refractivity contribution is -0.137. The first-order valence-corrected chi connectivity index (χ1v) is 11.4. The summed E-state index contributed by atoms with van der Waals surface area (Å²) in [5.74, 6) is -0.493. The number of thiophene rings is 1. The second kappa shape index (κ2) is 8.62. The van der Waals surface area contributed by atoms with Gasteiger partial charge in [0, 0.05) is 10.9 Å². The van der Waals surface area contributed by atoms with Gasteiger partial charge in [-0.05, 0) is 31.2 Å². The van der Waals surface area contributed by atoms with Gasteiger partial charge in [0.1, 0.15) is 21.9 Å². The number of benzene rings is 2. The summed E-state index contributed by atoms with van der Waals surface area (Å²) in [6.45, 7) is 1.10. The van der Waals surface area contributed by atoms with Crippen molar-refractivity contribution in [2.45, 2.75) is 19.6 Å². The SMILES string of the molecule is Cc1nc2c(sc3nc(-c4ccccc4)ccc32)c(=O)n1CC(=O)Nc1ccccc1C(F)(F)F. The van der Waals surface area contributed by atoms with Gasteiger partial charge >= 0.3 is 6.18 Å². The molecule has 0 saturated carbocycles. The van der Waals surface area contributed by atoms with Crippen LogP contribution in [0.1, 0.15) is 11.4 Å². The normalized spacial score (nSPS) is 11.8. The molecular formula is C25H17F3N4O2S. The Bertz CT molecular complexity index is 1640. The van der Waals surface area contributed by atoms with Crippen LogP contribution in [-0.2, 0) is 17.5 Å². The van der Waals surface area contributed by atoms with Gasteiger partial charge in [-0.15, -0.1) is 11.3 Å². The van der Waals surface area contributed by atoms with Gasteiger partial charge in [0.05, 0.1) is 22.5 Å². The lowest BCUT2D eigenvalue weighted by Gasteiger charge is -2.14. The van der Waals surface area contributed by atoms with Crippen molar-refractivity contribution in [1.82, 2.24) is 14.5 Å². The first-order chi connectivity index (χ1) is 16.7. The molecule has 6 nitrogen and oxygen atoms in total. The number of fused-ring (bicyclic) bond motifs is 3. The maximum atomic E-state index is 13.2. The van der Waals surface area contributed by atoms with E-state index in [0.717, 1.165) is 27.3 Å². The number of nitrogens with one attached hydrogen (secondary N) is 1. The van der Waals surface area contributed by atoms with Crippen molar-refractivity contribution in [3.63, 3.8) is 0 Å². The standard InChI is InChI=1S/C25H17F3N4O2S/c1-14-29-21-16-11-12-18(15-7-3-2-4-8-15)31-23(16)35-22(21)24(34)32(14)13-20(33)30-19-10-6-5-9-17(19)25(26,27)28/h2-12H,13H2,1H3,(H,30,33). The van der Waals surface area contributed by atoms with Crippen LogP contribution in [0.3, 0.4) is 0 Å². The highest BCUT2D eigenvalue weighted by Gasteiger charge is 2.33. The Balaban J connectivity index is 1.50. The number of halogens is 3. The minimum atomic E-state index is -4.63. The molecule has 3 heterocycles. The predicted octanol–water partition coefficient (Wildman–Crippen LogP) is 5.64. The van der Waals surface area contributed by atoms with E-state index in [1.807, 2.05) is 42.5 Å². The van der Waals surface area contributed by atoms with Crippen molar-refractivity contribution in [2.24, 2.45) is 0 Å². The van der Waals surface area contributed by atoms with Crippen LogP contribution in [0.15, 0.2) is 71.5 Å². The van der Waals surface area contributed by atoms with Crippen LogP contribution in [0, 0.1) is 6.92 Å². The van der Waals surface area contributed by atoms with E-state index < -0.39 is 29.8 Å². The highest BCUT2D eigenvalue weighted by molar-refractivity contribution is 7.25. The minimum Gasteiger partial charge on any atom is -0.324 e. The summed E-state index contributed by atoms with van der Waals surface area (Å²) >= 11 is 1.17. The van der Waals surface area contributed by atoms with Crippen LogP contribution in [0.5, 0.6) is 0 Å². The van der Waals surface area contributed by atoms with Crippen LogP contribution < -0.4 is 10.9 Å². The van der Waals surface area contributed by atoms with Crippen LogP contribution in [-0.4, -0.2) is 20.4 Å². The third-order valence-electron chi connectivity index (χ3n) is 5.51. The van der Waals surface area contributed by atoms with Crippen molar-refractivity contribution in [2.75, 3.05) is 5.32 Å². The molecule has 35 heavy (non-hydrogen) atoms. The molecule has 0 aliphatic carbocycles. The van der Waals surface area contributed by atoms with Gasteiger partial charge in [-0.2, -0.15) is 13.2 Å². The number of aryl methyl sites for hydroxylation is 1. The number of nitrogens with zero attached hydrogens (tertiary/aromatic N) is 3. The number of anilines is 1. The van der Waals surface area contributed by atoms with E-state index in [-0.39, 0.29) is 11.5 Å². The number of carbonyl (C=O) groups is 1. The Hall–Kier alpha value is -4.05.